The Morgan fingerprint density at radius 2 is 1.80 bits per heavy atom. The number of rotatable bonds is 1. The second-order valence-electron chi connectivity index (χ2n) is 6.89. The Kier molecular flexibility index (Phi) is 3.00. The van der Waals surface area contributed by atoms with Crippen molar-refractivity contribution in [3.63, 3.8) is 0 Å². The van der Waals surface area contributed by atoms with E-state index in [1.165, 1.54) is 51.3 Å². The molecule has 3 nitrogen and oxygen atoms in total. The fourth-order valence-electron chi connectivity index (χ4n) is 4.97. The molecule has 3 aliphatic heterocycles. The highest BCUT2D eigenvalue weighted by atomic mass is 15.3. The van der Waals surface area contributed by atoms with E-state index in [0.29, 0.717) is 5.54 Å². The van der Waals surface area contributed by atoms with Crippen LogP contribution >= 0.6 is 0 Å². The lowest BCUT2D eigenvalue weighted by Gasteiger charge is -2.46. The highest BCUT2D eigenvalue weighted by Crippen LogP contribution is 2.49. The molecule has 0 saturated carbocycles. The van der Waals surface area contributed by atoms with Gasteiger partial charge in [-0.3, -0.25) is 0 Å². The topological polar surface area (TPSA) is 18.5 Å². The van der Waals surface area contributed by atoms with Crippen molar-refractivity contribution in [2.45, 2.75) is 18.4 Å². The summed E-state index contributed by atoms with van der Waals surface area (Å²) in [4.78, 5) is 5.30. The van der Waals surface area contributed by atoms with Gasteiger partial charge in [0, 0.05) is 36.8 Å². The summed E-state index contributed by atoms with van der Waals surface area (Å²) in [7, 11) is 2.29. The van der Waals surface area contributed by atoms with Crippen molar-refractivity contribution in [3.8, 4) is 0 Å². The molecule has 1 aromatic rings. The molecule has 0 aromatic heterocycles. The SMILES string of the molecule is CN1CC2CN(c3ccccc3)C3(CCNCC3)C2C1. The van der Waals surface area contributed by atoms with Crippen molar-refractivity contribution < 1.29 is 0 Å². The van der Waals surface area contributed by atoms with E-state index in [9.17, 15) is 0 Å². The van der Waals surface area contributed by atoms with Gasteiger partial charge in [0.25, 0.3) is 0 Å². The molecule has 0 bridgehead atoms. The highest BCUT2D eigenvalue weighted by Gasteiger charge is 2.56. The zero-order chi connectivity index (χ0) is 13.6. The molecular formula is C17H25N3. The fraction of sp³-hybridized carbons (Fsp3) is 0.647. The molecule has 4 rings (SSSR count). The van der Waals surface area contributed by atoms with Crippen LogP contribution in [0.15, 0.2) is 30.3 Å². The Bertz CT molecular complexity index is 466. The quantitative estimate of drug-likeness (QED) is 0.840. The van der Waals surface area contributed by atoms with E-state index in [-0.39, 0.29) is 0 Å². The maximum atomic E-state index is 3.56. The second-order valence-corrected chi connectivity index (χ2v) is 6.89. The third kappa shape index (κ3) is 1.80. The summed E-state index contributed by atoms with van der Waals surface area (Å²) < 4.78 is 0. The number of benzene rings is 1. The van der Waals surface area contributed by atoms with Gasteiger partial charge >= 0.3 is 0 Å². The molecule has 3 aliphatic rings. The minimum atomic E-state index is 0.405. The number of hydrogen-bond acceptors (Lipinski definition) is 3. The predicted octanol–water partition coefficient (Wildman–Crippen LogP) is 1.81. The lowest BCUT2D eigenvalue weighted by Crippen LogP contribution is -2.55. The Labute approximate surface area is 121 Å². The smallest absolute Gasteiger partial charge is 0.0470 e. The predicted molar refractivity (Wildman–Crippen MR) is 83.1 cm³/mol. The molecule has 3 heterocycles. The van der Waals surface area contributed by atoms with Gasteiger partial charge in [-0.05, 0) is 51.0 Å². The fourth-order valence-corrected chi connectivity index (χ4v) is 4.97. The van der Waals surface area contributed by atoms with Crippen molar-refractivity contribution >= 4 is 5.69 Å². The second kappa shape index (κ2) is 4.74. The van der Waals surface area contributed by atoms with E-state index in [1.807, 2.05) is 0 Å². The summed E-state index contributed by atoms with van der Waals surface area (Å²) in [5.74, 6) is 1.72. The number of anilines is 1. The molecule has 1 aromatic carbocycles. The van der Waals surface area contributed by atoms with Gasteiger partial charge in [0.05, 0.1) is 0 Å². The molecule has 20 heavy (non-hydrogen) atoms. The molecule has 108 valence electrons. The van der Waals surface area contributed by atoms with Crippen molar-refractivity contribution in [1.82, 2.24) is 10.2 Å². The first-order valence-corrected chi connectivity index (χ1v) is 8.01. The maximum Gasteiger partial charge on any atom is 0.0470 e. The van der Waals surface area contributed by atoms with Crippen LogP contribution in [-0.2, 0) is 0 Å². The monoisotopic (exact) mass is 271 g/mol. The van der Waals surface area contributed by atoms with Crippen LogP contribution in [0.5, 0.6) is 0 Å². The molecular weight excluding hydrogens is 246 g/mol. The van der Waals surface area contributed by atoms with Crippen LogP contribution in [0.4, 0.5) is 5.69 Å². The average Bonchev–Trinajstić information content (AvgIpc) is 2.98. The van der Waals surface area contributed by atoms with Crippen LogP contribution in [0, 0.1) is 11.8 Å². The molecule has 2 atom stereocenters. The van der Waals surface area contributed by atoms with Crippen LogP contribution in [0.25, 0.3) is 0 Å². The van der Waals surface area contributed by atoms with Crippen LogP contribution in [0.2, 0.25) is 0 Å². The van der Waals surface area contributed by atoms with E-state index < -0.39 is 0 Å². The lowest BCUT2D eigenvalue weighted by molar-refractivity contribution is 0.219. The Balaban J connectivity index is 1.72. The Morgan fingerprint density at radius 3 is 2.55 bits per heavy atom. The van der Waals surface area contributed by atoms with Gasteiger partial charge < -0.3 is 15.1 Å². The molecule has 0 radical (unpaired) electrons. The van der Waals surface area contributed by atoms with E-state index in [1.54, 1.807) is 0 Å². The molecule has 3 saturated heterocycles. The van der Waals surface area contributed by atoms with Gasteiger partial charge in [-0.15, -0.1) is 0 Å². The van der Waals surface area contributed by atoms with E-state index in [0.717, 1.165) is 11.8 Å². The van der Waals surface area contributed by atoms with Gasteiger partial charge in [0.15, 0.2) is 0 Å². The number of nitrogens with one attached hydrogen (secondary N) is 1. The van der Waals surface area contributed by atoms with Gasteiger partial charge in [0.1, 0.15) is 0 Å². The van der Waals surface area contributed by atoms with E-state index in [2.05, 4.69) is 52.5 Å². The van der Waals surface area contributed by atoms with Crippen LogP contribution < -0.4 is 10.2 Å². The summed E-state index contributed by atoms with van der Waals surface area (Å²) >= 11 is 0. The van der Waals surface area contributed by atoms with Crippen LogP contribution in [0.3, 0.4) is 0 Å². The third-order valence-corrected chi connectivity index (χ3v) is 5.81. The van der Waals surface area contributed by atoms with Gasteiger partial charge in [-0.1, -0.05) is 18.2 Å². The van der Waals surface area contributed by atoms with Crippen molar-refractivity contribution in [3.05, 3.63) is 30.3 Å². The van der Waals surface area contributed by atoms with Crippen LogP contribution in [-0.4, -0.2) is 50.2 Å². The molecule has 3 fully saturated rings. The largest absolute Gasteiger partial charge is 0.365 e. The summed E-state index contributed by atoms with van der Waals surface area (Å²) in [6.07, 6.45) is 2.60. The van der Waals surface area contributed by atoms with Gasteiger partial charge in [-0.25, -0.2) is 0 Å². The summed E-state index contributed by atoms with van der Waals surface area (Å²) in [5, 5.41) is 3.56. The number of fused-ring (bicyclic) bond motifs is 2. The van der Waals surface area contributed by atoms with Crippen molar-refractivity contribution in [1.29, 1.82) is 0 Å². The number of nitrogens with zero attached hydrogens (tertiary/aromatic N) is 2. The molecule has 2 unspecified atom stereocenters. The van der Waals surface area contributed by atoms with Gasteiger partial charge in [0.2, 0.25) is 0 Å². The number of piperidine rings is 1. The average molecular weight is 271 g/mol. The summed E-state index contributed by atoms with van der Waals surface area (Å²) in [6, 6.07) is 11.1. The summed E-state index contributed by atoms with van der Waals surface area (Å²) in [6.45, 7) is 6.17. The van der Waals surface area contributed by atoms with Gasteiger partial charge in [-0.2, -0.15) is 0 Å². The normalized spacial score (nSPS) is 32.8. The number of hydrogen-bond donors (Lipinski definition) is 1. The maximum absolute atomic E-state index is 3.56. The van der Waals surface area contributed by atoms with Crippen LogP contribution in [0.1, 0.15) is 12.8 Å². The standard InChI is InChI=1S/C17H25N3/c1-19-11-14-12-20(15-5-3-2-4-6-15)17(16(14)13-19)7-9-18-10-8-17/h2-6,14,16,18H,7-13H2,1H3. The minimum absolute atomic E-state index is 0.405. The van der Waals surface area contributed by atoms with E-state index >= 15 is 0 Å². The highest BCUT2D eigenvalue weighted by molar-refractivity contribution is 5.52. The van der Waals surface area contributed by atoms with Crippen molar-refractivity contribution in [2.24, 2.45) is 11.8 Å². The molecule has 1 N–H and O–H groups in total. The van der Waals surface area contributed by atoms with E-state index in [4.69, 9.17) is 0 Å². The molecule has 1 spiro atoms. The lowest BCUT2D eigenvalue weighted by atomic mass is 9.75. The Hall–Kier alpha value is -1.06. The third-order valence-electron chi connectivity index (χ3n) is 5.81. The summed E-state index contributed by atoms with van der Waals surface area (Å²) in [5.41, 5.74) is 1.84. The zero-order valence-corrected chi connectivity index (χ0v) is 12.4. The minimum Gasteiger partial charge on any atom is -0.365 e. The zero-order valence-electron chi connectivity index (χ0n) is 12.4. The first-order chi connectivity index (χ1) is 9.79. The molecule has 0 amide bonds. The number of likely N-dealkylation sites (tertiary alicyclic amines) is 1. The molecule has 0 aliphatic carbocycles. The first kappa shape index (κ1) is 12.7. The molecule has 3 heteroatoms. The Morgan fingerprint density at radius 1 is 1.05 bits per heavy atom. The number of para-hydroxylation sites is 1. The first-order valence-electron chi connectivity index (χ1n) is 8.01. The van der Waals surface area contributed by atoms with Crippen molar-refractivity contribution in [2.75, 3.05) is 44.7 Å².